The van der Waals surface area contributed by atoms with Gasteiger partial charge < -0.3 is 27.9 Å². The molecule has 0 fully saturated rings. The van der Waals surface area contributed by atoms with E-state index < -0.39 is 32.5 Å². The summed E-state index contributed by atoms with van der Waals surface area (Å²) in [6, 6.07) is 0. The summed E-state index contributed by atoms with van der Waals surface area (Å²) < 4.78 is 33.8. The highest BCUT2D eigenvalue weighted by molar-refractivity contribution is 7.45. The number of unbranched alkanes of at least 4 members (excludes halogenated alkanes) is 8. The number of nitrogens with zero attached hydrogens (tertiary/aromatic N) is 1. The average molecular weight is 830 g/mol. The number of carbonyl (C=O) groups is 2. The molecule has 0 saturated carbocycles. The van der Waals surface area contributed by atoms with Crippen LogP contribution >= 0.6 is 7.82 Å². The highest BCUT2D eigenvalue weighted by atomic mass is 31.2. The maximum atomic E-state index is 12.7. The molecule has 58 heavy (non-hydrogen) atoms. The van der Waals surface area contributed by atoms with E-state index in [1.165, 1.54) is 25.7 Å². The van der Waals surface area contributed by atoms with E-state index in [4.69, 9.17) is 18.5 Å². The SMILES string of the molecule is CC/C=C\C/C=C\C/C=C\C/C=C\C/C=C\CCCC(=O)OC[C@H](COP(=O)([O-])OCC[N+](C)(C)C)OC(=O)CCCCCC/C=C\C/C=C\C/C=C\CCCCC. The third kappa shape index (κ3) is 42.5. The molecule has 10 heteroatoms. The molecule has 0 rings (SSSR count). The lowest BCUT2D eigenvalue weighted by Gasteiger charge is -2.28. The summed E-state index contributed by atoms with van der Waals surface area (Å²) in [7, 11) is 1.10. The minimum absolute atomic E-state index is 0.0500. The first-order valence-corrected chi connectivity index (χ1v) is 23.4. The minimum atomic E-state index is -4.65. The van der Waals surface area contributed by atoms with E-state index in [0.29, 0.717) is 23.9 Å². The van der Waals surface area contributed by atoms with Gasteiger partial charge in [-0.15, -0.1) is 0 Å². The molecule has 0 amide bonds. The molecular weight excluding hydrogens is 750 g/mol. The maximum absolute atomic E-state index is 12.7. The molecule has 0 aromatic carbocycles. The molecule has 2 atom stereocenters. The van der Waals surface area contributed by atoms with Crippen LogP contribution in [-0.2, 0) is 32.7 Å². The molecule has 0 radical (unpaired) electrons. The molecule has 330 valence electrons. The number of esters is 2. The Hall–Kier alpha value is -3.07. The van der Waals surface area contributed by atoms with E-state index in [9.17, 15) is 19.0 Å². The van der Waals surface area contributed by atoms with E-state index in [2.05, 4.69) is 105 Å². The minimum Gasteiger partial charge on any atom is -0.756 e. The van der Waals surface area contributed by atoms with Crippen molar-refractivity contribution in [2.75, 3.05) is 47.5 Å². The topological polar surface area (TPSA) is 111 Å². The number of hydrogen-bond donors (Lipinski definition) is 0. The van der Waals surface area contributed by atoms with Gasteiger partial charge >= 0.3 is 11.9 Å². The van der Waals surface area contributed by atoms with Gasteiger partial charge in [0.05, 0.1) is 27.7 Å². The number of phosphoric ester groups is 1. The summed E-state index contributed by atoms with van der Waals surface area (Å²) in [5.74, 6) is -0.939. The second kappa shape index (κ2) is 39.4. The summed E-state index contributed by atoms with van der Waals surface area (Å²) in [5.41, 5.74) is 0. The first-order chi connectivity index (χ1) is 28.0. The molecular formula is C48H80NO8P. The maximum Gasteiger partial charge on any atom is 0.306 e. The molecule has 9 nitrogen and oxygen atoms in total. The highest BCUT2D eigenvalue weighted by Crippen LogP contribution is 2.38. The zero-order valence-electron chi connectivity index (χ0n) is 36.9. The van der Waals surface area contributed by atoms with Crippen molar-refractivity contribution in [1.82, 2.24) is 0 Å². The summed E-state index contributed by atoms with van der Waals surface area (Å²) in [6.45, 7) is 3.96. The largest absolute Gasteiger partial charge is 0.756 e. The predicted octanol–water partition coefficient (Wildman–Crippen LogP) is 11.9. The van der Waals surface area contributed by atoms with Crippen LogP contribution in [-0.4, -0.2) is 70.0 Å². The monoisotopic (exact) mass is 830 g/mol. The number of quaternary nitrogens is 1. The van der Waals surface area contributed by atoms with E-state index >= 15 is 0 Å². The zero-order chi connectivity index (χ0) is 42.8. The van der Waals surface area contributed by atoms with E-state index in [-0.39, 0.29) is 26.1 Å². The molecule has 0 saturated heterocycles. The Morgan fingerprint density at radius 3 is 1.50 bits per heavy atom. The van der Waals surface area contributed by atoms with Gasteiger partial charge in [0.25, 0.3) is 7.82 Å². The molecule has 0 aromatic heterocycles. The van der Waals surface area contributed by atoms with Crippen LogP contribution in [0.15, 0.2) is 97.2 Å². The lowest BCUT2D eigenvalue weighted by atomic mass is 10.1. The molecule has 0 aliphatic carbocycles. The fourth-order valence-corrected chi connectivity index (χ4v) is 5.89. The normalized spacial score (nSPS) is 14.5. The Balaban J connectivity index is 4.53. The van der Waals surface area contributed by atoms with Gasteiger partial charge in [0.1, 0.15) is 19.8 Å². The highest BCUT2D eigenvalue weighted by Gasteiger charge is 2.21. The lowest BCUT2D eigenvalue weighted by Crippen LogP contribution is -2.37. The molecule has 0 spiro atoms. The van der Waals surface area contributed by atoms with Crippen LogP contribution in [0.5, 0.6) is 0 Å². The van der Waals surface area contributed by atoms with Crippen molar-refractivity contribution in [1.29, 1.82) is 0 Å². The number of phosphoric acid groups is 1. The number of ether oxygens (including phenoxy) is 2. The van der Waals surface area contributed by atoms with E-state index in [1.807, 2.05) is 27.2 Å². The van der Waals surface area contributed by atoms with Crippen LogP contribution in [0.3, 0.4) is 0 Å². The number of rotatable bonds is 38. The second-order valence-corrected chi connectivity index (χ2v) is 16.7. The van der Waals surface area contributed by atoms with Crippen molar-refractivity contribution < 1.29 is 42.1 Å². The van der Waals surface area contributed by atoms with Crippen molar-refractivity contribution in [2.45, 2.75) is 148 Å². The summed E-state index contributed by atoms with van der Waals surface area (Å²) in [5, 5.41) is 0. The first kappa shape index (κ1) is 54.9. The van der Waals surface area contributed by atoms with Crippen molar-refractivity contribution in [2.24, 2.45) is 0 Å². The van der Waals surface area contributed by atoms with Crippen LogP contribution in [0.1, 0.15) is 142 Å². The van der Waals surface area contributed by atoms with Gasteiger partial charge in [-0.3, -0.25) is 14.2 Å². The van der Waals surface area contributed by atoms with Gasteiger partial charge in [0, 0.05) is 12.8 Å². The summed E-state index contributed by atoms with van der Waals surface area (Å²) in [6.07, 6.45) is 51.5. The Bertz CT molecular complexity index is 1300. The van der Waals surface area contributed by atoms with Gasteiger partial charge in [-0.1, -0.05) is 137 Å². The molecule has 0 aliphatic heterocycles. The first-order valence-electron chi connectivity index (χ1n) is 21.9. The van der Waals surface area contributed by atoms with Crippen LogP contribution in [0.25, 0.3) is 0 Å². The quantitative estimate of drug-likeness (QED) is 0.0199. The number of carbonyl (C=O) groups excluding carboxylic acids is 2. The summed E-state index contributed by atoms with van der Waals surface area (Å²) >= 11 is 0. The lowest BCUT2D eigenvalue weighted by molar-refractivity contribution is -0.870. The van der Waals surface area contributed by atoms with Gasteiger partial charge in [-0.25, -0.2) is 0 Å². The molecule has 0 bridgehead atoms. The predicted molar refractivity (Wildman–Crippen MR) is 240 cm³/mol. The molecule has 1 unspecified atom stereocenters. The standard InChI is InChI=1S/C48H80NO8P/c1-6-8-10-12-14-16-18-20-22-24-26-28-30-32-34-36-38-40-47(50)54-44-46(45-56-58(52,53)55-43-42-49(3,4)5)57-48(51)41-39-37-35-33-31-29-27-25-23-21-19-17-15-13-11-9-7-2/h8,10,14-17,20-23,26-29,32,34,46H,6-7,9,11-13,18-19,24-25,30-31,33,35-45H2,1-5H3/b10-8-,16-14-,17-15-,22-20-,23-21-,28-26-,29-27-,34-32-/t46-/m1/s1. The van der Waals surface area contributed by atoms with Crippen LogP contribution in [0.2, 0.25) is 0 Å². The van der Waals surface area contributed by atoms with Crippen molar-refractivity contribution in [3.8, 4) is 0 Å². The van der Waals surface area contributed by atoms with Crippen molar-refractivity contribution >= 4 is 19.8 Å². The average Bonchev–Trinajstić information content (AvgIpc) is 3.17. The molecule has 0 N–H and O–H groups in total. The number of hydrogen-bond acceptors (Lipinski definition) is 8. The Kier molecular flexibility index (Phi) is 37.3. The molecule has 0 aliphatic rings. The number of allylic oxidation sites excluding steroid dienone is 16. The fraction of sp³-hybridized carbons (Fsp3) is 0.625. The molecule has 0 heterocycles. The third-order valence-corrected chi connectivity index (χ3v) is 9.55. The zero-order valence-corrected chi connectivity index (χ0v) is 37.8. The number of likely N-dealkylation sites (N-methyl/N-ethyl adjacent to an activating group) is 1. The Morgan fingerprint density at radius 1 is 0.552 bits per heavy atom. The van der Waals surface area contributed by atoms with Crippen molar-refractivity contribution in [3.63, 3.8) is 0 Å². The van der Waals surface area contributed by atoms with Gasteiger partial charge in [0.15, 0.2) is 6.10 Å². The van der Waals surface area contributed by atoms with Crippen molar-refractivity contribution in [3.05, 3.63) is 97.2 Å². The third-order valence-electron chi connectivity index (χ3n) is 8.59. The van der Waals surface area contributed by atoms with E-state index in [1.54, 1.807) is 0 Å². The van der Waals surface area contributed by atoms with Gasteiger partial charge in [-0.05, 0) is 89.9 Å². The van der Waals surface area contributed by atoms with Crippen LogP contribution in [0, 0.1) is 0 Å². The van der Waals surface area contributed by atoms with Gasteiger partial charge in [-0.2, -0.15) is 0 Å². The summed E-state index contributed by atoms with van der Waals surface area (Å²) in [4.78, 5) is 37.5. The van der Waals surface area contributed by atoms with Gasteiger partial charge in [0.2, 0.25) is 0 Å². The fourth-order valence-electron chi connectivity index (χ4n) is 5.17. The Labute approximate surface area is 353 Å². The van der Waals surface area contributed by atoms with Crippen LogP contribution in [0.4, 0.5) is 0 Å². The van der Waals surface area contributed by atoms with Crippen LogP contribution < -0.4 is 4.89 Å². The molecule has 0 aromatic rings. The Morgan fingerprint density at radius 2 is 1.00 bits per heavy atom. The smallest absolute Gasteiger partial charge is 0.306 e. The van der Waals surface area contributed by atoms with E-state index in [0.717, 1.165) is 77.0 Å². The second-order valence-electron chi connectivity index (χ2n) is 15.3.